The Kier molecular flexibility index (Phi) is 4.14. The topological polar surface area (TPSA) is 32.3 Å². The molecular weight excluding hydrogens is 292 g/mol. The second-order valence-electron chi connectivity index (χ2n) is 6.85. The monoisotopic (exact) mass is 316 g/mol. The first-order valence-electron chi connectivity index (χ1n) is 8.55. The minimum Gasteiger partial charge on any atom is -0.342 e. The molecular formula is C18H24N2OS. The average molecular weight is 316 g/mol. The molecule has 4 rings (SSSR count). The van der Waals surface area contributed by atoms with E-state index in [4.69, 9.17) is 0 Å². The highest BCUT2D eigenvalue weighted by molar-refractivity contribution is 7.99. The Labute approximate surface area is 136 Å². The summed E-state index contributed by atoms with van der Waals surface area (Å²) in [6, 6.07) is 9.01. The van der Waals surface area contributed by atoms with Crippen molar-refractivity contribution in [3.63, 3.8) is 0 Å². The number of nitrogens with one attached hydrogen (secondary N) is 1. The van der Waals surface area contributed by atoms with E-state index in [-0.39, 0.29) is 5.92 Å². The summed E-state index contributed by atoms with van der Waals surface area (Å²) in [5.41, 5.74) is 1.24. The van der Waals surface area contributed by atoms with Gasteiger partial charge in [-0.1, -0.05) is 18.2 Å². The fourth-order valence-corrected chi connectivity index (χ4v) is 4.77. The number of carbonyl (C=O) groups is 1. The third-order valence-corrected chi connectivity index (χ3v) is 6.38. The standard InChI is InChI=1S/C18H24N2OS/c21-18(16-12-22-17-4-2-1-3-15(16)17)20-9-7-14(8-10-20)19-11-13-5-6-13/h1-4,13-14,16,19H,5-12H2. The molecule has 1 aliphatic carbocycles. The lowest BCUT2D eigenvalue weighted by molar-refractivity contribution is -0.133. The molecule has 3 aliphatic rings. The van der Waals surface area contributed by atoms with E-state index in [1.54, 1.807) is 0 Å². The van der Waals surface area contributed by atoms with Gasteiger partial charge in [0.1, 0.15) is 0 Å². The van der Waals surface area contributed by atoms with Gasteiger partial charge in [0.25, 0.3) is 0 Å². The van der Waals surface area contributed by atoms with Crippen molar-refractivity contribution in [2.45, 2.75) is 42.5 Å². The van der Waals surface area contributed by atoms with Gasteiger partial charge in [0.15, 0.2) is 0 Å². The Morgan fingerprint density at radius 3 is 2.73 bits per heavy atom. The smallest absolute Gasteiger partial charge is 0.231 e. The summed E-state index contributed by atoms with van der Waals surface area (Å²) in [6.07, 6.45) is 5.03. The van der Waals surface area contributed by atoms with Crippen LogP contribution in [0.5, 0.6) is 0 Å². The van der Waals surface area contributed by atoms with Crippen molar-refractivity contribution in [2.24, 2.45) is 5.92 Å². The van der Waals surface area contributed by atoms with E-state index in [9.17, 15) is 4.79 Å². The van der Waals surface area contributed by atoms with Crippen molar-refractivity contribution in [3.8, 4) is 0 Å². The molecule has 4 heteroatoms. The summed E-state index contributed by atoms with van der Waals surface area (Å²) in [7, 11) is 0. The molecule has 1 N–H and O–H groups in total. The van der Waals surface area contributed by atoms with Crippen LogP contribution in [0.25, 0.3) is 0 Å². The number of benzene rings is 1. The van der Waals surface area contributed by atoms with Crippen molar-refractivity contribution in [1.82, 2.24) is 10.2 Å². The second kappa shape index (κ2) is 6.25. The van der Waals surface area contributed by atoms with Gasteiger partial charge in [-0.2, -0.15) is 0 Å². The largest absolute Gasteiger partial charge is 0.342 e. The number of fused-ring (bicyclic) bond motifs is 1. The average Bonchev–Trinajstić information content (AvgIpc) is 3.30. The molecule has 0 aromatic heterocycles. The number of piperidine rings is 1. The first-order chi connectivity index (χ1) is 10.8. The van der Waals surface area contributed by atoms with Crippen LogP contribution < -0.4 is 5.32 Å². The van der Waals surface area contributed by atoms with Crippen LogP contribution in [0, 0.1) is 5.92 Å². The van der Waals surface area contributed by atoms with Crippen molar-refractivity contribution >= 4 is 17.7 Å². The summed E-state index contributed by atoms with van der Waals surface area (Å²) in [4.78, 5) is 16.2. The van der Waals surface area contributed by atoms with Crippen molar-refractivity contribution in [2.75, 3.05) is 25.4 Å². The Bertz CT molecular complexity index is 550. The van der Waals surface area contributed by atoms with Crippen LogP contribution in [0.15, 0.2) is 29.2 Å². The summed E-state index contributed by atoms with van der Waals surface area (Å²) in [5.74, 6) is 2.28. The predicted octanol–water partition coefficient (Wildman–Crippen LogP) is 2.87. The maximum absolute atomic E-state index is 12.8. The number of rotatable bonds is 4. The Hall–Kier alpha value is -1.00. The van der Waals surface area contributed by atoms with Crippen molar-refractivity contribution < 1.29 is 4.79 Å². The molecule has 1 unspecified atom stereocenters. The van der Waals surface area contributed by atoms with Crippen LogP contribution in [-0.2, 0) is 4.79 Å². The van der Waals surface area contributed by atoms with Gasteiger partial charge in [-0.25, -0.2) is 0 Å². The van der Waals surface area contributed by atoms with E-state index in [2.05, 4.69) is 34.5 Å². The maximum Gasteiger partial charge on any atom is 0.231 e. The van der Waals surface area contributed by atoms with Gasteiger partial charge < -0.3 is 10.2 Å². The quantitative estimate of drug-likeness (QED) is 0.927. The van der Waals surface area contributed by atoms with Crippen LogP contribution in [0.1, 0.15) is 37.2 Å². The Morgan fingerprint density at radius 1 is 1.18 bits per heavy atom. The van der Waals surface area contributed by atoms with Gasteiger partial charge in [-0.3, -0.25) is 4.79 Å². The number of hydrogen-bond donors (Lipinski definition) is 1. The van der Waals surface area contributed by atoms with Gasteiger partial charge in [-0.15, -0.1) is 11.8 Å². The zero-order valence-corrected chi connectivity index (χ0v) is 13.8. The molecule has 1 aromatic rings. The lowest BCUT2D eigenvalue weighted by atomic mass is 9.97. The zero-order valence-electron chi connectivity index (χ0n) is 13.0. The fourth-order valence-electron chi connectivity index (χ4n) is 3.55. The highest BCUT2D eigenvalue weighted by Gasteiger charge is 2.34. The van der Waals surface area contributed by atoms with Crippen LogP contribution in [-0.4, -0.2) is 42.2 Å². The highest BCUT2D eigenvalue weighted by atomic mass is 32.2. The Balaban J connectivity index is 1.32. The van der Waals surface area contributed by atoms with Crippen LogP contribution in [0.3, 0.4) is 0 Å². The first kappa shape index (κ1) is 14.6. The summed E-state index contributed by atoms with van der Waals surface area (Å²) < 4.78 is 0. The van der Waals surface area contributed by atoms with Gasteiger partial charge in [0.2, 0.25) is 5.91 Å². The van der Waals surface area contributed by atoms with E-state index in [0.717, 1.165) is 37.6 Å². The molecule has 2 fully saturated rings. The van der Waals surface area contributed by atoms with E-state index < -0.39 is 0 Å². The molecule has 0 spiro atoms. The summed E-state index contributed by atoms with van der Waals surface area (Å²) in [5, 5.41) is 3.69. The number of hydrogen-bond acceptors (Lipinski definition) is 3. The lowest BCUT2D eigenvalue weighted by Gasteiger charge is -2.34. The van der Waals surface area contributed by atoms with E-state index in [0.29, 0.717) is 11.9 Å². The first-order valence-corrected chi connectivity index (χ1v) is 9.54. The number of carbonyl (C=O) groups excluding carboxylic acids is 1. The number of nitrogens with zero attached hydrogens (tertiary/aromatic N) is 1. The molecule has 22 heavy (non-hydrogen) atoms. The number of likely N-dealkylation sites (tertiary alicyclic amines) is 1. The minimum atomic E-state index is 0.0807. The molecule has 118 valence electrons. The van der Waals surface area contributed by atoms with Crippen molar-refractivity contribution in [1.29, 1.82) is 0 Å². The van der Waals surface area contributed by atoms with Crippen molar-refractivity contribution in [3.05, 3.63) is 29.8 Å². The van der Waals surface area contributed by atoms with Gasteiger partial charge >= 0.3 is 0 Å². The van der Waals surface area contributed by atoms with Crippen LogP contribution in [0.4, 0.5) is 0 Å². The normalized spacial score (nSPS) is 25.3. The molecule has 2 heterocycles. The molecule has 0 bridgehead atoms. The Morgan fingerprint density at radius 2 is 1.95 bits per heavy atom. The summed E-state index contributed by atoms with van der Waals surface area (Å²) >= 11 is 1.83. The molecule has 1 atom stereocenters. The lowest BCUT2D eigenvalue weighted by Crippen LogP contribution is -2.46. The SMILES string of the molecule is O=C(C1CSc2ccccc21)N1CCC(NCC2CC2)CC1. The van der Waals surface area contributed by atoms with Gasteiger partial charge in [0.05, 0.1) is 5.92 Å². The molecule has 2 aliphatic heterocycles. The maximum atomic E-state index is 12.8. The number of thioether (sulfide) groups is 1. The van der Waals surface area contributed by atoms with E-state index in [1.165, 1.54) is 29.8 Å². The second-order valence-corrected chi connectivity index (χ2v) is 7.91. The van der Waals surface area contributed by atoms with Crippen LogP contribution in [0.2, 0.25) is 0 Å². The van der Waals surface area contributed by atoms with Crippen LogP contribution >= 0.6 is 11.8 Å². The fraction of sp³-hybridized carbons (Fsp3) is 0.611. The molecule has 3 nitrogen and oxygen atoms in total. The zero-order chi connectivity index (χ0) is 14.9. The number of amides is 1. The third-order valence-electron chi connectivity index (χ3n) is 5.20. The van der Waals surface area contributed by atoms with Gasteiger partial charge in [0, 0.05) is 29.8 Å². The molecule has 1 amide bonds. The molecule has 1 saturated carbocycles. The summed E-state index contributed by atoms with van der Waals surface area (Å²) in [6.45, 7) is 3.03. The minimum absolute atomic E-state index is 0.0807. The highest BCUT2D eigenvalue weighted by Crippen LogP contribution is 2.40. The molecule has 0 radical (unpaired) electrons. The molecule has 1 aromatic carbocycles. The predicted molar refractivity (Wildman–Crippen MR) is 90.2 cm³/mol. The van der Waals surface area contributed by atoms with E-state index in [1.807, 2.05) is 11.8 Å². The van der Waals surface area contributed by atoms with E-state index >= 15 is 0 Å². The van der Waals surface area contributed by atoms with Gasteiger partial charge in [-0.05, 0) is 49.8 Å². The third kappa shape index (κ3) is 3.04. The molecule has 1 saturated heterocycles.